The highest BCUT2D eigenvalue weighted by Crippen LogP contribution is 2.64. The molecule has 0 amide bonds. The standard InChI is InChI=1S/C7H12OS2/c1-5-6(8-2)7(3-4-7)10-9-5/h5-6H,3-4H2,1-2H3. The Kier molecular flexibility index (Phi) is 1.70. The first-order chi connectivity index (χ1) is 4.78. The van der Waals surface area contributed by atoms with Crippen LogP contribution < -0.4 is 0 Å². The van der Waals surface area contributed by atoms with Crippen LogP contribution >= 0.6 is 21.6 Å². The Balaban J connectivity index is 2.10. The Morgan fingerprint density at radius 3 is 2.60 bits per heavy atom. The summed E-state index contributed by atoms with van der Waals surface area (Å²) in [6.45, 7) is 2.26. The van der Waals surface area contributed by atoms with Gasteiger partial charge in [0.15, 0.2) is 0 Å². The van der Waals surface area contributed by atoms with Gasteiger partial charge in [-0.25, -0.2) is 0 Å². The second kappa shape index (κ2) is 2.32. The van der Waals surface area contributed by atoms with Gasteiger partial charge < -0.3 is 4.74 Å². The lowest BCUT2D eigenvalue weighted by Crippen LogP contribution is -2.29. The maximum atomic E-state index is 5.46. The van der Waals surface area contributed by atoms with Crippen molar-refractivity contribution in [1.29, 1.82) is 0 Å². The molecular weight excluding hydrogens is 164 g/mol. The van der Waals surface area contributed by atoms with Crippen molar-refractivity contribution in [2.24, 2.45) is 0 Å². The van der Waals surface area contributed by atoms with Gasteiger partial charge in [-0.15, -0.1) is 0 Å². The second-order valence-electron chi connectivity index (χ2n) is 3.11. The van der Waals surface area contributed by atoms with Crippen LogP contribution in [0.15, 0.2) is 0 Å². The summed E-state index contributed by atoms with van der Waals surface area (Å²) in [5.41, 5.74) is 0. The zero-order chi connectivity index (χ0) is 7.19. The fourth-order valence-corrected chi connectivity index (χ4v) is 5.28. The minimum absolute atomic E-state index is 0.516. The molecule has 2 aliphatic rings. The number of rotatable bonds is 1. The fourth-order valence-electron chi connectivity index (χ4n) is 1.59. The predicted molar refractivity (Wildman–Crippen MR) is 47.4 cm³/mol. The number of ether oxygens (including phenoxy) is 1. The molecule has 1 heterocycles. The van der Waals surface area contributed by atoms with Gasteiger partial charge in [-0.05, 0) is 19.8 Å². The Labute approximate surface area is 69.7 Å². The van der Waals surface area contributed by atoms with Gasteiger partial charge in [0.25, 0.3) is 0 Å². The van der Waals surface area contributed by atoms with Gasteiger partial charge in [0.2, 0.25) is 0 Å². The highest BCUT2D eigenvalue weighted by molar-refractivity contribution is 8.78. The maximum absolute atomic E-state index is 5.46. The average Bonchev–Trinajstić information content (AvgIpc) is 2.60. The number of hydrogen-bond donors (Lipinski definition) is 0. The third-order valence-electron chi connectivity index (χ3n) is 2.31. The molecule has 0 aromatic rings. The second-order valence-corrected chi connectivity index (χ2v) is 6.10. The Morgan fingerprint density at radius 1 is 1.50 bits per heavy atom. The predicted octanol–water partition coefficient (Wildman–Crippen LogP) is 2.32. The van der Waals surface area contributed by atoms with Crippen molar-refractivity contribution in [1.82, 2.24) is 0 Å². The Bertz CT molecular complexity index is 145. The summed E-state index contributed by atoms with van der Waals surface area (Å²) < 4.78 is 6.00. The highest BCUT2D eigenvalue weighted by Gasteiger charge is 2.57. The van der Waals surface area contributed by atoms with Gasteiger partial charge in [0, 0.05) is 12.4 Å². The van der Waals surface area contributed by atoms with Crippen LogP contribution in [0.5, 0.6) is 0 Å². The summed E-state index contributed by atoms with van der Waals surface area (Å²) in [4.78, 5) is 0. The molecule has 1 spiro atoms. The summed E-state index contributed by atoms with van der Waals surface area (Å²) in [6.07, 6.45) is 3.25. The molecule has 0 N–H and O–H groups in total. The van der Waals surface area contributed by atoms with E-state index in [2.05, 4.69) is 6.92 Å². The van der Waals surface area contributed by atoms with Gasteiger partial charge in [-0.2, -0.15) is 0 Å². The molecule has 10 heavy (non-hydrogen) atoms. The molecule has 2 unspecified atom stereocenters. The molecule has 1 aliphatic carbocycles. The topological polar surface area (TPSA) is 9.23 Å². The minimum atomic E-state index is 0.516. The zero-order valence-electron chi connectivity index (χ0n) is 6.29. The first kappa shape index (κ1) is 7.32. The van der Waals surface area contributed by atoms with E-state index in [-0.39, 0.29) is 0 Å². The summed E-state index contributed by atoms with van der Waals surface area (Å²) in [6, 6.07) is 0. The largest absolute Gasteiger partial charge is 0.379 e. The van der Waals surface area contributed by atoms with Gasteiger partial charge in [-0.1, -0.05) is 21.6 Å². The quantitative estimate of drug-likeness (QED) is 0.567. The lowest BCUT2D eigenvalue weighted by atomic mass is 10.2. The summed E-state index contributed by atoms with van der Waals surface area (Å²) in [5.74, 6) is 0. The Morgan fingerprint density at radius 2 is 2.20 bits per heavy atom. The van der Waals surface area contributed by atoms with Crippen molar-refractivity contribution < 1.29 is 4.74 Å². The van der Waals surface area contributed by atoms with E-state index in [0.717, 1.165) is 0 Å². The summed E-state index contributed by atoms with van der Waals surface area (Å²) in [5, 5.41) is 0.692. The van der Waals surface area contributed by atoms with Crippen LogP contribution in [0.4, 0.5) is 0 Å². The van der Waals surface area contributed by atoms with Crippen molar-refractivity contribution in [2.45, 2.75) is 35.9 Å². The maximum Gasteiger partial charge on any atom is 0.0850 e. The number of methoxy groups -OCH3 is 1. The highest BCUT2D eigenvalue weighted by atomic mass is 33.1. The lowest BCUT2D eigenvalue weighted by molar-refractivity contribution is 0.0986. The van der Waals surface area contributed by atoms with E-state index in [1.165, 1.54) is 12.8 Å². The van der Waals surface area contributed by atoms with Gasteiger partial charge >= 0.3 is 0 Å². The van der Waals surface area contributed by atoms with E-state index in [1.807, 2.05) is 28.7 Å². The molecule has 2 atom stereocenters. The molecule has 0 radical (unpaired) electrons. The summed E-state index contributed by atoms with van der Waals surface area (Å²) >= 11 is 0. The van der Waals surface area contributed by atoms with Gasteiger partial charge in [0.05, 0.1) is 10.9 Å². The van der Waals surface area contributed by atoms with E-state index in [1.54, 1.807) is 0 Å². The minimum Gasteiger partial charge on any atom is -0.379 e. The van der Waals surface area contributed by atoms with Crippen LogP contribution in [-0.4, -0.2) is 23.2 Å². The molecular formula is C7H12OS2. The van der Waals surface area contributed by atoms with Crippen LogP contribution in [0.25, 0.3) is 0 Å². The van der Waals surface area contributed by atoms with Crippen LogP contribution in [0.3, 0.4) is 0 Å². The van der Waals surface area contributed by atoms with E-state index >= 15 is 0 Å². The van der Waals surface area contributed by atoms with Crippen LogP contribution in [0, 0.1) is 0 Å². The average molecular weight is 176 g/mol. The molecule has 2 rings (SSSR count). The zero-order valence-corrected chi connectivity index (χ0v) is 7.93. The van der Waals surface area contributed by atoms with Crippen molar-refractivity contribution in [3.63, 3.8) is 0 Å². The van der Waals surface area contributed by atoms with Crippen molar-refractivity contribution in [2.75, 3.05) is 7.11 Å². The molecule has 2 fully saturated rings. The first-order valence-corrected chi connectivity index (χ1v) is 5.87. The van der Waals surface area contributed by atoms with E-state index in [9.17, 15) is 0 Å². The Hall–Kier alpha value is 0.660. The van der Waals surface area contributed by atoms with E-state index < -0.39 is 0 Å². The normalized spacial score (nSPS) is 42.6. The molecule has 1 nitrogen and oxygen atoms in total. The molecule has 0 aromatic carbocycles. The van der Waals surface area contributed by atoms with Crippen molar-refractivity contribution in [3.05, 3.63) is 0 Å². The van der Waals surface area contributed by atoms with E-state index in [0.29, 0.717) is 16.1 Å². The van der Waals surface area contributed by atoms with E-state index in [4.69, 9.17) is 4.74 Å². The lowest BCUT2D eigenvalue weighted by Gasteiger charge is -2.17. The molecule has 3 heteroatoms. The molecule has 0 aromatic heterocycles. The third kappa shape index (κ3) is 0.908. The molecule has 58 valence electrons. The first-order valence-electron chi connectivity index (χ1n) is 3.66. The molecule has 1 saturated heterocycles. The smallest absolute Gasteiger partial charge is 0.0850 e. The SMILES string of the molecule is COC1C(C)SSC12CC2. The van der Waals surface area contributed by atoms with Crippen molar-refractivity contribution >= 4 is 21.6 Å². The van der Waals surface area contributed by atoms with Crippen molar-refractivity contribution in [3.8, 4) is 0 Å². The van der Waals surface area contributed by atoms with Crippen LogP contribution in [0.2, 0.25) is 0 Å². The molecule has 1 aliphatic heterocycles. The third-order valence-corrected chi connectivity index (χ3v) is 6.12. The van der Waals surface area contributed by atoms with Crippen LogP contribution in [0.1, 0.15) is 19.8 Å². The monoisotopic (exact) mass is 176 g/mol. The summed E-state index contributed by atoms with van der Waals surface area (Å²) in [7, 11) is 5.88. The van der Waals surface area contributed by atoms with Crippen LogP contribution in [-0.2, 0) is 4.74 Å². The molecule has 0 bridgehead atoms. The van der Waals surface area contributed by atoms with Gasteiger partial charge in [-0.3, -0.25) is 0 Å². The molecule has 1 saturated carbocycles. The number of hydrogen-bond acceptors (Lipinski definition) is 3. The fraction of sp³-hybridized carbons (Fsp3) is 1.00. The van der Waals surface area contributed by atoms with Gasteiger partial charge in [0.1, 0.15) is 0 Å².